The predicted molar refractivity (Wildman–Crippen MR) is 70.1 cm³/mol. The van der Waals surface area contributed by atoms with Crippen LogP contribution in [0.3, 0.4) is 0 Å². The third-order valence-electron chi connectivity index (χ3n) is 3.67. The number of benzene rings is 1. The van der Waals surface area contributed by atoms with Crippen molar-refractivity contribution >= 4 is 17.3 Å². The van der Waals surface area contributed by atoms with Gasteiger partial charge < -0.3 is 5.11 Å². The van der Waals surface area contributed by atoms with E-state index in [2.05, 4.69) is 17.1 Å². The molecule has 3 rings (SSSR count). The maximum absolute atomic E-state index is 10.9. The number of hydrogen-bond acceptors (Lipinski definition) is 3. The average Bonchev–Trinajstić information content (AvgIpc) is 2.79. The van der Waals surface area contributed by atoms with E-state index in [1.807, 2.05) is 18.2 Å². The van der Waals surface area contributed by atoms with Crippen LogP contribution in [-0.2, 0) is 5.41 Å². The van der Waals surface area contributed by atoms with Crippen molar-refractivity contribution in [2.75, 3.05) is 0 Å². The summed E-state index contributed by atoms with van der Waals surface area (Å²) in [5, 5.41) is 11.6. The van der Waals surface area contributed by atoms with Crippen molar-refractivity contribution in [3.63, 3.8) is 0 Å². The summed E-state index contributed by atoms with van der Waals surface area (Å²) in [4.78, 5) is 15.2. The normalized spacial score (nSPS) is 17.1. The summed E-state index contributed by atoms with van der Waals surface area (Å²) >= 11 is 1.46. The molecule has 1 fully saturated rings. The van der Waals surface area contributed by atoms with Gasteiger partial charge in [0.25, 0.3) is 0 Å². The van der Waals surface area contributed by atoms with Gasteiger partial charge in [-0.3, -0.25) is 0 Å². The van der Waals surface area contributed by atoms with Crippen LogP contribution >= 0.6 is 11.3 Å². The molecule has 1 aromatic heterocycles. The number of nitrogens with zero attached hydrogens (tertiary/aromatic N) is 1. The summed E-state index contributed by atoms with van der Waals surface area (Å²) in [6.07, 6.45) is 3.30. The molecular formula is C14H13NO2S. The highest BCUT2D eigenvalue weighted by molar-refractivity contribution is 7.10. The van der Waals surface area contributed by atoms with Gasteiger partial charge in [-0.2, -0.15) is 0 Å². The minimum Gasteiger partial charge on any atom is -0.476 e. The van der Waals surface area contributed by atoms with Crippen molar-refractivity contribution in [1.29, 1.82) is 0 Å². The van der Waals surface area contributed by atoms with E-state index >= 15 is 0 Å². The van der Waals surface area contributed by atoms with E-state index in [0.717, 1.165) is 17.8 Å². The third kappa shape index (κ3) is 1.64. The van der Waals surface area contributed by atoms with Gasteiger partial charge in [0, 0.05) is 10.8 Å². The zero-order valence-corrected chi connectivity index (χ0v) is 10.6. The first kappa shape index (κ1) is 11.4. The van der Waals surface area contributed by atoms with Crippen LogP contribution in [0.1, 0.15) is 40.3 Å². The molecular weight excluding hydrogens is 246 g/mol. The molecule has 0 unspecified atom stereocenters. The zero-order chi connectivity index (χ0) is 12.6. The van der Waals surface area contributed by atoms with Crippen LogP contribution < -0.4 is 0 Å². The maximum atomic E-state index is 10.9. The lowest BCUT2D eigenvalue weighted by Crippen LogP contribution is -2.35. The molecule has 18 heavy (non-hydrogen) atoms. The van der Waals surface area contributed by atoms with Gasteiger partial charge in [0.05, 0.1) is 0 Å². The van der Waals surface area contributed by atoms with Gasteiger partial charge in [-0.05, 0) is 18.4 Å². The van der Waals surface area contributed by atoms with Gasteiger partial charge in [0.15, 0.2) is 5.69 Å². The lowest BCUT2D eigenvalue weighted by atomic mass is 9.65. The average molecular weight is 259 g/mol. The fourth-order valence-electron chi connectivity index (χ4n) is 2.51. The topological polar surface area (TPSA) is 50.2 Å². The summed E-state index contributed by atoms with van der Waals surface area (Å²) in [6, 6.07) is 10.3. The monoisotopic (exact) mass is 259 g/mol. The summed E-state index contributed by atoms with van der Waals surface area (Å²) < 4.78 is 0. The first-order chi connectivity index (χ1) is 8.72. The molecule has 3 nitrogen and oxygen atoms in total. The number of thiazole rings is 1. The second kappa shape index (κ2) is 4.21. The maximum Gasteiger partial charge on any atom is 0.355 e. The van der Waals surface area contributed by atoms with Crippen molar-refractivity contribution in [1.82, 2.24) is 4.98 Å². The predicted octanol–water partition coefficient (Wildman–Crippen LogP) is 3.31. The third-order valence-corrected chi connectivity index (χ3v) is 4.71. The Balaban J connectivity index is 2.04. The lowest BCUT2D eigenvalue weighted by molar-refractivity contribution is 0.0691. The molecule has 1 aliphatic rings. The number of aromatic nitrogens is 1. The highest BCUT2D eigenvalue weighted by Crippen LogP contribution is 2.49. The number of carbonyl (C=O) groups is 1. The Kier molecular flexibility index (Phi) is 2.67. The van der Waals surface area contributed by atoms with Crippen LogP contribution in [0.25, 0.3) is 0 Å². The summed E-state index contributed by atoms with van der Waals surface area (Å²) in [7, 11) is 0. The Labute approximate surface area is 109 Å². The minimum absolute atomic E-state index is 0.0420. The molecule has 0 bridgehead atoms. The first-order valence-corrected chi connectivity index (χ1v) is 6.85. The van der Waals surface area contributed by atoms with Crippen molar-refractivity contribution in [2.45, 2.75) is 24.7 Å². The van der Waals surface area contributed by atoms with E-state index in [9.17, 15) is 4.79 Å². The standard InChI is InChI=1S/C14H13NO2S/c16-12(17)11-9-18-13(15-11)14(7-4-8-14)10-5-2-1-3-6-10/h1-3,5-6,9H,4,7-8H2,(H,16,17). The van der Waals surface area contributed by atoms with Crippen LogP contribution in [0, 0.1) is 0 Å². The molecule has 1 aliphatic carbocycles. The molecule has 0 saturated heterocycles. The Morgan fingerprint density at radius 1 is 1.28 bits per heavy atom. The molecule has 2 aromatic rings. The number of aromatic carboxylic acids is 1. The van der Waals surface area contributed by atoms with Crippen molar-refractivity contribution < 1.29 is 9.90 Å². The van der Waals surface area contributed by atoms with Crippen LogP contribution in [0.4, 0.5) is 0 Å². The quantitative estimate of drug-likeness (QED) is 0.920. The van der Waals surface area contributed by atoms with Gasteiger partial charge in [-0.25, -0.2) is 9.78 Å². The van der Waals surface area contributed by atoms with Gasteiger partial charge in [-0.15, -0.1) is 11.3 Å². The summed E-state index contributed by atoms with van der Waals surface area (Å²) in [5.41, 5.74) is 1.37. The van der Waals surface area contributed by atoms with Crippen LogP contribution in [0.15, 0.2) is 35.7 Å². The second-order valence-corrected chi connectivity index (χ2v) is 5.50. The van der Waals surface area contributed by atoms with Gasteiger partial charge in [0.2, 0.25) is 0 Å². The van der Waals surface area contributed by atoms with Crippen LogP contribution in [0.5, 0.6) is 0 Å². The largest absolute Gasteiger partial charge is 0.476 e. The molecule has 0 atom stereocenters. The van der Waals surface area contributed by atoms with Crippen molar-refractivity contribution in [3.8, 4) is 0 Å². The molecule has 1 aromatic carbocycles. The molecule has 1 N–H and O–H groups in total. The SMILES string of the molecule is O=C(O)c1csc(C2(c3ccccc3)CCC2)n1. The molecule has 0 spiro atoms. The first-order valence-electron chi connectivity index (χ1n) is 5.97. The van der Waals surface area contributed by atoms with Crippen molar-refractivity contribution in [2.24, 2.45) is 0 Å². The van der Waals surface area contributed by atoms with Crippen LogP contribution in [0.2, 0.25) is 0 Å². The summed E-state index contributed by atoms with van der Waals surface area (Å²) in [6.45, 7) is 0. The number of hydrogen-bond donors (Lipinski definition) is 1. The smallest absolute Gasteiger partial charge is 0.355 e. The number of rotatable bonds is 3. The number of carboxylic acids is 1. The Bertz CT molecular complexity index is 572. The van der Waals surface area contributed by atoms with E-state index < -0.39 is 5.97 Å². The molecule has 0 radical (unpaired) electrons. The number of carboxylic acid groups (broad SMARTS) is 1. The minimum atomic E-state index is -0.944. The Morgan fingerprint density at radius 2 is 2.00 bits per heavy atom. The van der Waals surface area contributed by atoms with E-state index in [4.69, 9.17) is 5.11 Å². The van der Waals surface area contributed by atoms with Gasteiger partial charge in [0.1, 0.15) is 5.01 Å². The van der Waals surface area contributed by atoms with Gasteiger partial charge >= 0.3 is 5.97 Å². The van der Waals surface area contributed by atoms with E-state index in [1.54, 1.807) is 5.38 Å². The molecule has 1 saturated carbocycles. The molecule has 92 valence electrons. The fourth-order valence-corrected chi connectivity index (χ4v) is 3.58. The Hall–Kier alpha value is -1.68. The highest BCUT2D eigenvalue weighted by atomic mass is 32.1. The Morgan fingerprint density at radius 3 is 2.50 bits per heavy atom. The van der Waals surface area contributed by atoms with E-state index in [0.29, 0.717) is 0 Å². The highest BCUT2D eigenvalue weighted by Gasteiger charge is 2.42. The van der Waals surface area contributed by atoms with Crippen LogP contribution in [-0.4, -0.2) is 16.1 Å². The lowest BCUT2D eigenvalue weighted by Gasteiger charge is -2.40. The van der Waals surface area contributed by atoms with Crippen molar-refractivity contribution in [3.05, 3.63) is 52.0 Å². The molecule has 4 heteroatoms. The molecule has 0 aliphatic heterocycles. The van der Waals surface area contributed by atoms with Gasteiger partial charge in [-0.1, -0.05) is 36.8 Å². The second-order valence-electron chi connectivity index (χ2n) is 4.64. The summed E-state index contributed by atoms with van der Waals surface area (Å²) in [5.74, 6) is -0.944. The fraction of sp³-hybridized carbons (Fsp3) is 0.286. The van der Waals surface area contributed by atoms with E-state index in [1.165, 1.54) is 23.3 Å². The molecule has 0 amide bonds. The zero-order valence-electron chi connectivity index (χ0n) is 9.80. The molecule has 1 heterocycles. The van der Waals surface area contributed by atoms with E-state index in [-0.39, 0.29) is 11.1 Å².